The molecule has 2 fully saturated rings. The summed E-state index contributed by atoms with van der Waals surface area (Å²) < 4.78 is 0. The molecule has 1 saturated carbocycles. The Kier molecular flexibility index (Phi) is 4.01. The number of hydrogen-bond acceptors (Lipinski definition) is 2. The van der Waals surface area contributed by atoms with E-state index in [2.05, 4.69) is 10.6 Å². The highest BCUT2D eigenvalue weighted by molar-refractivity contribution is 5.78. The third-order valence-electron chi connectivity index (χ3n) is 3.65. The molecule has 15 heavy (non-hydrogen) atoms. The lowest BCUT2D eigenvalue weighted by Gasteiger charge is -2.17. The quantitative estimate of drug-likeness (QED) is 0.692. The highest BCUT2D eigenvalue weighted by Crippen LogP contribution is 2.22. The van der Waals surface area contributed by atoms with Gasteiger partial charge in [0.15, 0.2) is 0 Å². The van der Waals surface area contributed by atoms with Crippen LogP contribution in [0.1, 0.15) is 44.9 Å². The molecule has 3 heteroatoms. The molecular weight excluding hydrogens is 188 g/mol. The maximum Gasteiger partial charge on any atom is 0.221 e. The van der Waals surface area contributed by atoms with Gasteiger partial charge in [-0.15, -0.1) is 0 Å². The molecular formula is C12H22N2O. The molecule has 0 aromatic carbocycles. The summed E-state index contributed by atoms with van der Waals surface area (Å²) in [6, 6.07) is 0.390. The first kappa shape index (κ1) is 10.9. The van der Waals surface area contributed by atoms with Gasteiger partial charge in [-0.1, -0.05) is 25.7 Å². The van der Waals surface area contributed by atoms with Gasteiger partial charge in [0.2, 0.25) is 5.91 Å². The topological polar surface area (TPSA) is 41.1 Å². The lowest BCUT2D eigenvalue weighted by molar-refractivity contribution is -0.119. The van der Waals surface area contributed by atoms with Crippen LogP contribution in [-0.2, 0) is 4.79 Å². The third-order valence-corrected chi connectivity index (χ3v) is 3.65. The van der Waals surface area contributed by atoms with Crippen molar-refractivity contribution in [1.29, 1.82) is 0 Å². The predicted molar refractivity (Wildman–Crippen MR) is 60.6 cm³/mol. The Labute approximate surface area is 92.0 Å². The molecule has 2 rings (SSSR count). The molecule has 3 nitrogen and oxygen atoms in total. The first-order valence-electron chi connectivity index (χ1n) is 6.34. The zero-order valence-electron chi connectivity index (χ0n) is 9.43. The first-order valence-corrected chi connectivity index (χ1v) is 6.34. The van der Waals surface area contributed by atoms with E-state index in [1.165, 1.54) is 38.5 Å². The number of rotatable bonds is 3. The van der Waals surface area contributed by atoms with Gasteiger partial charge in [0, 0.05) is 19.0 Å². The second kappa shape index (κ2) is 5.50. The summed E-state index contributed by atoms with van der Waals surface area (Å²) in [6.07, 6.45) is 9.05. The molecule has 0 radical (unpaired) electrons. The fourth-order valence-corrected chi connectivity index (χ4v) is 2.65. The van der Waals surface area contributed by atoms with Crippen LogP contribution in [0.3, 0.4) is 0 Å². The van der Waals surface area contributed by atoms with Gasteiger partial charge in [-0.05, 0) is 25.3 Å². The van der Waals surface area contributed by atoms with Gasteiger partial charge >= 0.3 is 0 Å². The molecule has 0 bridgehead atoms. The highest BCUT2D eigenvalue weighted by Gasteiger charge is 2.22. The molecule has 0 spiro atoms. The summed E-state index contributed by atoms with van der Waals surface area (Å²) in [4.78, 5) is 11.0. The fraction of sp³-hybridized carbons (Fsp3) is 0.917. The maximum absolute atomic E-state index is 11.0. The van der Waals surface area contributed by atoms with E-state index in [-0.39, 0.29) is 5.91 Å². The number of hydrogen-bond donors (Lipinski definition) is 2. The highest BCUT2D eigenvalue weighted by atomic mass is 16.1. The molecule has 1 aliphatic heterocycles. The van der Waals surface area contributed by atoms with Crippen LogP contribution in [0.15, 0.2) is 0 Å². The van der Waals surface area contributed by atoms with E-state index < -0.39 is 0 Å². The number of carbonyl (C=O) groups excluding carboxylic acids is 1. The largest absolute Gasteiger partial charge is 0.354 e. The second-order valence-electron chi connectivity index (χ2n) is 4.97. The van der Waals surface area contributed by atoms with E-state index in [0.717, 1.165) is 19.0 Å². The van der Waals surface area contributed by atoms with E-state index >= 15 is 0 Å². The average Bonchev–Trinajstić information content (AvgIpc) is 2.52. The van der Waals surface area contributed by atoms with Crippen LogP contribution in [0.4, 0.5) is 0 Å². The molecule has 2 N–H and O–H groups in total. The zero-order chi connectivity index (χ0) is 10.5. The number of nitrogens with one attached hydrogen (secondary N) is 2. The van der Waals surface area contributed by atoms with E-state index in [9.17, 15) is 4.79 Å². The third kappa shape index (κ3) is 3.49. The Morgan fingerprint density at radius 2 is 1.93 bits per heavy atom. The molecule has 0 aromatic heterocycles. The molecule has 86 valence electrons. The van der Waals surface area contributed by atoms with E-state index in [1.807, 2.05) is 0 Å². The minimum atomic E-state index is 0.202. The maximum atomic E-state index is 11.0. The van der Waals surface area contributed by atoms with Crippen molar-refractivity contribution < 1.29 is 4.79 Å². The predicted octanol–water partition coefficient (Wildman–Crippen LogP) is 1.43. The summed E-state index contributed by atoms with van der Waals surface area (Å²) in [5, 5.41) is 6.39. The van der Waals surface area contributed by atoms with Crippen molar-refractivity contribution in [3.8, 4) is 0 Å². The van der Waals surface area contributed by atoms with Crippen molar-refractivity contribution in [3.05, 3.63) is 0 Å². The van der Waals surface area contributed by atoms with Crippen LogP contribution >= 0.6 is 0 Å². The van der Waals surface area contributed by atoms with Crippen LogP contribution in [0.5, 0.6) is 0 Å². The smallest absolute Gasteiger partial charge is 0.221 e. The SMILES string of the molecule is O=C1CC(NCC2CCCCCC2)CN1. The summed E-state index contributed by atoms with van der Waals surface area (Å²) in [5.74, 6) is 1.05. The van der Waals surface area contributed by atoms with Crippen LogP contribution < -0.4 is 10.6 Å². The van der Waals surface area contributed by atoms with Gasteiger partial charge in [0.05, 0.1) is 0 Å². The monoisotopic (exact) mass is 210 g/mol. The fourth-order valence-electron chi connectivity index (χ4n) is 2.65. The van der Waals surface area contributed by atoms with Gasteiger partial charge in [-0.25, -0.2) is 0 Å². The van der Waals surface area contributed by atoms with Gasteiger partial charge in [-0.3, -0.25) is 4.79 Å². The average molecular weight is 210 g/mol. The second-order valence-corrected chi connectivity index (χ2v) is 4.97. The van der Waals surface area contributed by atoms with Crippen LogP contribution in [0.2, 0.25) is 0 Å². The summed E-state index contributed by atoms with van der Waals surface area (Å²) >= 11 is 0. The lowest BCUT2D eigenvalue weighted by Crippen LogP contribution is -2.34. The molecule has 0 aromatic rings. The van der Waals surface area contributed by atoms with Crippen LogP contribution in [0.25, 0.3) is 0 Å². The minimum Gasteiger partial charge on any atom is -0.354 e. The van der Waals surface area contributed by atoms with Crippen LogP contribution in [0, 0.1) is 5.92 Å². The van der Waals surface area contributed by atoms with Gasteiger partial charge in [-0.2, -0.15) is 0 Å². The van der Waals surface area contributed by atoms with Crippen molar-refractivity contribution >= 4 is 5.91 Å². The first-order chi connectivity index (χ1) is 7.34. The summed E-state index contributed by atoms with van der Waals surface area (Å²) in [5.41, 5.74) is 0. The van der Waals surface area contributed by atoms with Crippen molar-refractivity contribution in [3.63, 3.8) is 0 Å². The van der Waals surface area contributed by atoms with Gasteiger partial charge in [0.1, 0.15) is 0 Å². The lowest BCUT2D eigenvalue weighted by atomic mass is 10.00. The molecule has 1 amide bonds. The molecule has 1 heterocycles. The Morgan fingerprint density at radius 3 is 2.53 bits per heavy atom. The van der Waals surface area contributed by atoms with Crippen molar-refractivity contribution in [2.24, 2.45) is 5.92 Å². The summed E-state index contributed by atoms with van der Waals surface area (Å²) in [7, 11) is 0. The Hall–Kier alpha value is -0.570. The molecule has 1 atom stereocenters. The van der Waals surface area contributed by atoms with E-state index in [0.29, 0.717) is 12.5 Å². The Bertz CT molecular complexity index is 210. The molecule has 2 aliphatic rings. The van der Waals surface area contributed by atoms with Gasteiger partial charge < -0.3 is 10.6 Å². The normalized spacial score (nSPS) is 28.8. The van der Waals surface area contributed by atoms with E-state index in [1.54, 1.807) is 0 Å². The van der Waals surface area contributed by atoms with Gasteiger partial charge in [0.25, 0.3) is 0 Å². The van der Waals surface area contributed by atoms with Crippen LogP contribution in [-0.4, -0.2) is 25.0 Å². The molecule has 1 saturated heterocycles. The molecule has 1 unspecified atom stereocenters. The van der Waals surface area contributed by atoms with Crippen molar-refractivity contribution in [1.82, 2.24) is 10.6 Å². The van der Waals surface area contributed by atoms with Crippen molar-refractivity contribution in [2.75, 3.05) is 13.1 Å². The number of carbonyl (C=O) groups is 1. The number of amides is 1. The standard InChI is InChI=1S/C12H22N2O/c15-12-7-11(9-14-12)13-8-10-5-3-1-2-4-6-10/h10-11,13H,1-9H2,(H,14,15). The molecule has 1 aliphatic carbocycles. The Morgan fingerprint density at radius 1 is 1.20 bits per heavy atom. The van der Waals surface area contributed by atoms with E-state index in [4.69, 9.17) is 0 Å². The minimum absolute atomic E-state index is 0.202. The zero-order valence-corrected chi connectivity index (χ0v) is 9.43. The van der Waals surface area contributed by atoms with Crippen molar-refractivity contribution in [2.45, 2.75) is 51.0 Å². The summed E-state index contributed by atoms with van der Waals surface area (Å²) in [6.45, 7) is 1.94. The Balaban J connectivity index is 1.65.